The smallest absolute Gasteiger partial charge is 0.131 e. The predicted octanol–water partition coefficient (Wildman–Crippen LogP) is 2.90. The average Bonchev–Trinajstić information content (AvgIpc) is 2.51. The first-order valence-electron chi connectivity index (χ1n) is 7.10. The number of nitrogens with one attached hydrogen (secondary N) is 1. The Morgan fingerprint density at radius 3 is 2.50 bits per heavy atom. The maximum atomic E-state index is 14.0. The van der Waals surface area contributed by atoms with Gasteiger partial charge in [0.1, 0.15) is 5.82 Å². The zero-order valence-corrected chi connectivity index (χ0v) is 11.5. The van der Waals surface area contributed by atoms with Crippen LogP contribution in [0.15, 0.2) is 48.5 Å². The Balaban J connectivity index is 1.83. The predicted molar refractivity (Wildman–Crippen MR) is 80.0 cm³/mol. The Hall–Kier alpha value is -1.71. The Kier molecular flexibility index (Phi) is 4.09. The summed E-state index contributed by atoms with van der Waals surface area (Å²) in [6.07, 6.45) is 0. The van der Waals surface area contributed by atoms with Crippen molar-refractivity contribution in [3.63, 3.8) is 0 Å². The molecule has 0 aliphatic carbocycles. The molecular formula is C17H19FN2. The van der Waals surface area contributed by atoms with Crippen molar-refractivity contribution in [1.82, 2.24) is 10.2 Å². The van der Waals surface area contributed by atoms with Gasteiger partial charge >= 0.3 is 0 Å². The molecule has 1 aliphatic heterocycles. The monoisotopic (exact) mass is 270 g/mol. The number of nitrogens with zero attached hydrogens (tertiary/aromatic N) is 1. The fourth-order valence-electron chi connectivity index (χ4n) is 2.64. The molecule has 104 valence electrons. The van der Waals surface area contributed by atoms with Crippen LogP contribution in [0.2, 0.25) is 0 Å². The zero-order chi connectivity index (χ0) is 13.8. The summed E-state index contributed by atoms with van der Waals surface area (Å²) in [6, 6.07) is 15.2. The number of hydrogen-bond acceptors (Lipinski definition) is 2. The number of piperazine rings is 1. The van der Waals surface area contributed by atoms with Crippen LogP contribution in [0.4, 0.5) is 4.39 Å². The molecule has 2 aromatic rings. The molecule has 1 saturated heterocycles. The molecule has 0 unspecified atom stereocenters. The van der Waals surface area contributed by atoms with Gasteiger partial charge in [0.2, 0.25) is 0 Å². The van der Waals surface area contributed by atoms with Gasteiger partial charge in [0, 0.05) is 38.3 Å². The van der Waals surface area contributed by atoms with Crippen molar-refractivity contribution in [2.24, 2.45) is 0 Å². The molecule has 0 radical (unpaired) electrons. The second kappa shape index (κ2) is 6.16. The van der Waals surface area contributed by atoms with E-state index in [2.05, 4.69) is 10.2 Å². The lowest BCUT2D eigenvalue weighted by Gasteiger charge is -2.27. The Morgan fingerprint density at radius 1 is 1.00 bits per heavy atom. The van der Waals surface area contributed by atoms with Gasteiger partial charge in [-0.2, -0.15) is 0 Å². The van der Waals surface area contributed by atoms with Gasteiger partial charge in [0.05, 0.1) is 0 Å². The van der Waals surface area contributed by atoms with Gasteiger partial charge in [-0.1, -0.05) is 36.4 Å². The second-order valence-electron chi connectivity index (χ2n) is 5.21. The molecule has 1 aliphatic rings. The second-order valence-corrected chi connectivity index (χ2v) is 5.21. The lowest BCUT2D eigenvalue weighted by molar-refractivity contribution is 0.233. The van der Waals surface area contributed by atoms with E-state index in [9.17, 15) is 4.39 Å². The van der Waals surface area contributed by atoms with Crippen LogP contribution >= 0.6 is 0 Å². The van der Waals surface area contributed by atoms with Gasteiger partial charge in [-0.25, -0.2) is 4.39 Å². The molecular weight excluding hydrogens is 251 g/mol. The minimum atomic E-state index is -0.153. The molecule has 1 heterocycles. The van der Waals surface area contributed by atoms with Gasteiger partial charge in [-0.3, -0.25) is 4.90 Å². The zero-order valence-electron chi connectivity index (χ0n) is 11.5. The highest BCUT2D eigenvalue weighted by molar-refractivity contribution is 5.64. The average molecular weight is 270 g/mol. The van der Waals surface area contributed by atoms with Crippen LogP contribution in [-0.4, -0.2) is 31.1 Å². The molecule has 20 heavy (non-hydrogen) atoms. The van der Waals surface area contributed by atoms with E-state index in [4.69, 9.17) is 0 Å². The van der Waals surface area contributed by atoms with Crippen LogP contribution in [0.5, 0.6) is 0 Å². The van der Waals surface area contributed by atoms with Crippen molar-refractivity contribution < 1.29 is 4.39 Å². The third-order valence-electron chi connectivity index (χ3n) is 3.73. The summed E-state index contributed by atoms with van der Waals surface area (Å²) < 4.78 is 14.0. The Labute approximate surface area is 119 Å². The van der Waals surface area contributed by atoms with E-state index in [1.165, 1.54) is 5.56 Å². The summed E-state index contributed by atoms with van der Waals surface area (Å²) in [5.41, 5.74) is 2.80. The topological polar surface area (TPSA) is 15.3 Å². The van der Waals surface area contributed by atoms with E-state index >= 15 is 0 Å². The van der Waals surface area contributed by atoms with Crippen LogP contribution in [0.3, 0.4) is 0 Å². The first-order chi connectivity index (χ1) is 9.83. The third kappa shape index (κ3) is 3.06. The highest BCUT2D eigenvalue weighted by Crippen LogP contribution is 2.24. The quantitative estimate of drug-likeness (QED) is 0.922. The van der Waals surface area contributed by atoms with Crippen molar-refractivity contribution in [1.29, 1.82) is 0 Å². The molecule has 0 atom stereocenters. The van der Waals surface area contributed by atoms with Gasteiger partial charge in [0.15, 0.2) is 0 Å². The van der Waals surface area contributed by atoms with Crippen molar-refractivity contribution in [3.05, 3.63) is 59.9 Å². The molecule has 0 saturated carbocycles. The molecule has 1 fully saturated rings. The fourth-order valence-corrected chi connectivity index (χ4v) is 2.64. The molecule has 3 heteroatoms. The lowest BCUT2D eigenvalue weighted by Crippen LogP contribution is -2.42. The molecule has 0 aromatic heterocycles. The lowest BCUT2D eigenvalue weighted by atomic mass is 10.0. The maximum absolute atomic E-state index is 14.0. The molecule has 3 rings (SSSR count). The molecule has 0 amide bonds. The van der Waals surface area contributed by atoms with E-state index < -0.39 is 0 Å². The van der Waals surface area contributed by atoms with Crippen molar-refractivity contribution in [2.45, 2.75) is 6.54 Å². The van der Waals surface area contributed by atoms with Crippen LogP contribution in [0.25, 0.3) is 11.1 Å². The minimum absolute atomic E-state index is 0.153. The summed E-state index contributed by atoms with van der Waals surface area (Å²) in [7, 11) is 0. The van der Waals surface area contributed by atoms with E-state index in [1.807, 2.05) is 42.5 Å². The Bertz CT molecular complexity index is 562. The molecule has 2 nitrogen and oxygen atoms in total. The highest BCUT2D eigenvalue weighted by Gasteiger charge is 2.12. The molecule has 1 N–H and O–H groups in total. The van der Waals surface area contributed by atoms with Gasteiger partial charge in [0.25, 0.3) is 0 Å². The van der Waals surface area contributed by atoms with Gasteiger partial charge in [-0.15, -0.1) is 0 Å². The van der Waals surface area contributed by atoms with Crippen LogP contribution < -0.4 is 5.32 Å². The van der Waals surface area contributed by atoms with Gasteiger partial charge < -0.3 is 5.32 Å². The summed E-state index contributed by atoms with van der Waals surface area (Å²) in [5.74, 6) is -0.153. The first-order valence-corrected chi connectivity index (χ1v) is 7.10. The van der Waals surface area contributed by atoms with Crippen molar-refractivity contribution in [2.75, 3.05) is 26.2 Å². The first kappa shape index (κ1) is 13.3. The highest BCUT2D eigenvalue weighted by atomic mass is 19.1. The number of hydrogen-bond donors (Lipinski definition) is 1. The third-order valence-corrected chi connectivity index (χ3v) is 3.73. The van der Waals surface area contributed by atoms with Crippen LogP contribution in [0.1, 0.15) is 5.56 Å². The van der Waals surface area contributed by atoms with E-state index in [0.29, 0.717) is 5.56 Å². The van der Waals surface area contributed by atoms with Gasteiger partial charge in [-0.05, 0) is 23.3 Å². The van der Waals surface area contributed by atoms with Crippen molar-refractivity contribution >= 4 is 0 Å². The summed E-state index contributed by atoms with van der Waals surface area (Å²) in [6.45, 7) is 5.07. The molecule has 2 aromatic carbocycles. The number of benzene rings is 2. The van der Waals surface area contributed by atoms with Crippen LogP contribution in [-0.2, 0) is 6.54 Å². The fraction of sp³-hybridized carbons (Fsp3) is 0.294. The molecule has 0 bridgehead atoms. The van der Waals surface area contributed by atoms with Crippen LogP contribution in [0, 0.1) is 5.82 Å². The maximum Gasteiger partial charge on any atom is 0.131 e. The normalized spacial score (nSPS) is 16.2. The SMILES string of the molecule is Fc1ccc(CN2CCNCC2)cc1-c1ccccc1. The summed E-state index contributed by atoms with van der Waals surface area (Å²) in [5, 5.41) is 3.35. The largest absolute Gasteiger partial charge is 0.314 e. The van der Waals surface area contributed by atoms with E-state index in [0.717, 1.165) is 38.3 Å². The minimum Gasteiger partial charge on any atom is -0.314 e. The summed E-state index contributed by atoms with van der Waals surface area (Å²) in [4.78, 5) is 2.40. The van der Waals surface area contributed by atoms with Crippen molar-refractivity contribution in [3.8, 4) is 11.1 Å². The standard InChI is InChI=1S/C17H19FN2/c18-17-7-6-14(13-20-10-8-19-9-11-20)12-16(17)15-4-2-1-3-5-15/h1-7,12,19H,8-11,13H2. The van der Waals surface area contributed by atoms with E-state index in [1.54, 1.807) is 6.07 Å². The number of rotatable bonds is 3. The number of halogens is 1. The Morgan fingerprint density at radius 2 is 1.75 bits per heavy atom. The molecule has 0 spiro atoms. The van der Waals surface area contributed by atoms with E-state index in [-0.39, 0.29) is 5.82 Å². The summed E-state index contributed by atoms with van der Waals surface area (Å²) >= 11 is 0.